The maximum atomic E-state index is 3.60. The van der Waals surface area contributed by atoms with Gasteiger partial charge in [-0.05, 0) is 19.9 Å². The normalized spacial score (nSPS) is 28.4. The van der Waals surface area contributed by atoms with Gasteiger partial charge < -0.3 is 0 Å². The van der Waals surface area contributed by atoms with E-state index in [-0.39, 0.29) is 0 Å². The Labute approximate surface area is 71.2 Å². The molecule has 1 atom stereocenters. The third-order valence-corrected chi connectivity index (χ3v) is 2.56. The molecular formula is C8H14BrN. The molecule has 1 nitrogen and oxygen atoms in total. The topological polar surface area (TPSA) is 3.24 Å². The molecule has 1 heterocycles. The van der Waals surface area contributed by atoms with Gasteiger partial charge >= 0.3 is 0 Å². The van der Waals surface area contributed by atoms with Crippen LogP contribution in [-0.2, 0) is 0 Å². The number of hydrogen-bond donors (Lipinski definition) is 0. The zero-order valence-electron chi connectivity index (χ0n) is 6.39. The summed E-state index contributed by atoms with van der Waals surface area (Å²) in [5, 5.41) is 0. The zero-order chi connectivity index (χ0) is 7.40. The van der Waals surface area contributed by atoms with Crippen LogP contribution >= 0.6 is 15.9 Å². The van der Waals surface area contributed by atoms with E-state index in [1.54, 1.807) is 0 Å². The summed E-state index contributed by atoms with van der Waals surface area (Å²) in [5.41, 5.74) is 0. The molecule has 1 saturated heterocycles. The highest BCUT2D eigenvalue weighted by molar-refractivity contribution is 9.09. The van der Waals surface area contributed by atoms with Crippen molar-refractivity contribution in [2.75, 3.05) is 19.6 Å². The van der Waals surface area contributed by atoms with E-state index in [0.717, 1.165) is 11.4 Å². The van der Waals surface area contributed by atoms with E-state index in [0.29, 0.717) is 0 Å². The average Bonchev–Trinajstić information content (AvgIpc) is 2.31. The Morgan fingerprint density at radius 2 is 2.50 bits per heavy atom. The predicted octanol–water partition coefficient (Wildman–Crippen LogP) is 2.03. The lowest BCUT2D eigenvalue weighted by Crippen LogP contribution is -2.20. The van der Waals surface area contributed by atoms with E-state index in [4.69, 9.17) is 0 Å². The summed E-state index contributed by atoms with van der Waals surface area (Å²) in [6.07, 6.45) is 5.63. The van der Waals surface area contributed by atoms with E-state index in [9.17, 15) is 0 Å². The lowest BCUT2D eigenvalue weighted by Gasteiger charge is -2.10. The number of hydrogen-bond acceptors (Lipinski definition) is 1. The maximum absolute atomic E-state index is 3.60. The second-order valence-electron chi connectivity index (χ2n) is 2.71. The SMILES string of the molecule is C/C=C/CN1CCC(Br)C1. The van der Waals surface area contributed by atoms with Crippen molar-refractivity contribution in [2.45, 2.75) is 18.2 Å². The number of rotatable bonds is 2. The van der Waals surface area contributed by atoms with Gasteiger partial charge in [-0.15, -0.1) is 0 Å². The smallest absolute Gasteiger partial charge is 0.0285 e. The molecular weight excluding hydrogens is 190 g/mol. The maximum Gasteiger partial charge on any atom is 0.0285 e. The van der Waals surface area contributed by atoms with Crippen molar-refractivity contribution >= 4 is 15.9 Å². The van der Waals surface area contributed by atoms with Gasteiger partial charge in [0.2, 0.25) is 0 Å². The first kappa shape index (κ1) is 8.28. The molecule has 0 aromatic rings. The first-order valence-electron chi connectivity index (χ1n) is 3.80. The van der Waals surface area contributed by atoms with Gasteiger partial charge in [0.15, 0.2) is 0 Å². The van der Waals surface area contributed by atoms with Gasteiger partial charge in [-0.25, -0.2) is 0 Å². The first-order valence-corrected chi connectivity index (χ1v) is 4.72. The monoisotopic (exact) mass is 203 g/mol. The predicted molar refractivity (Wildman–Crippen MR) is 48.6 cm³/mol. The van der Waals surface area contributed by atoms with Crippen LogP contribution in [0.2, 0.25) is 0 Å². The average molecular weight is 204 g/mol. The lowest BCUT2D eigenvalue weighted by molar-refractivity contribution is 0.378. The molecule has 58 valence electrons. The molecule has 10 heavy (non-hydrogen) atoms. The Morgan fingerprint density at radius 1 is 1.70 bits per heavy atom. The van der Waals surface area contributed by atoms with Crippen molar-refractivity contribution in [3.8, 4) is 0 Å². The van der Waals surface area contributed by atoms with Crippen molar-refractivity contribution < 1.29 is 0 Å². The Bertz CT molecular complexity index is 122. The zero-order valence-corrected chi connectivity index (χ0v) is 7.97. The van der Waals surface area contributed by atoms with Crippen LogP contribution in [0, 0.1) is 0 Å². The van der Waals surface area contributed by atoms with Crippen molar-refractivity contribution in [3.05, 3.63) is 12.2 Å². The van der Waals surface area contributed by atoms with Crippen LogP contribution in [0.15, 0.2) is 12.2 Å². The van der Waals surface area contributed by atoms with Gasteiger partial charge in [-0.2, -0.15) is 0 Å². The fourth-order valence-corrected chi connectivity index (χ4v) is 1.82. The van der Waals surface area contributed by atoms with E-state index in [1.165, 1.54) is 19.5 Å². The fourth-order valence-electron chi connectivity index (χ4n) is 1.21. The van der Waals surface area contributed by atoms with Crippen LogP contribution in [0.1, 0.15) is 13.3 Å². The van der Waals surface area contributed by atoms with E-state index in [2.05, 4.69) is 39.9 Å². The second-order valence-corrected chi connectivity index (χ2v) is 4.01. The summed E-state index contributed by atoms with van der Waals surface area (Å²) < 4.78 is 0. The van der Waals surface area contributed by atoms with E-state index >= 15 is 0 Å². The molecule has 0 N–H and O–H groups in total. The Balaban J connectivity index is 2.18. The Morgan fingerprint density at radius 3 is 3.00 bits per heavy atom. The van der Waals surface area contributed by atoms with E-state index < -0.39 is 0 Å². The Kier molecular flexibility index (Phi) is 3.43. The van der Waals surface area contributed by atoms with Crippen molar-refractivity contribution in [2.24, 2.45) is 0 Å². The molecule has 1 fully saturated rings. The highest BCUT2D eigenvalue weighted by Crippen LogP contribution is 2.15. The largest absolute Gasteiger partial charge is 0.299 e. The van der Waals surface area contributed by atoms with Crippen LogP contribution in [0.25, 0.3) is 0 Å². The molecule has 0 aliphatic carbocycles. The fraction of sp³-hybridized carbons (Fsp3) is 0.750. The molecule has 0 amide bonds. The molecule has 0 aromatic heterocycles. The summed E-state index contributed by atoms with van der Waals surface area (Å²) in [6, 6.07) is 0. The summed E-state index contributed by atoms with van der Waals surface area (Å²) in [7, 11) is 0. The minimum absolute atomic E-state index is 0.734. The van der Waals surface area contributed by atoms with Crippen LogP contribution < -0.4 is 0 Å². The molecule has 1 aliphatic heterocycles. The molecule has 0 aromatic carbocycles. The van der Waals surface area contributed by atoms with Gasteiger partial charge in [0, 0.05) is 17.9 Å². The highest BCUT2D eigenvalue weighted by atomic mass is 79.9. The van der Waals surface area contributed by atoms with Crippen molar-refractivity contribution in [1.29, 1.82) is 0 Å². The first-order chi connectivity index (χ1) is 4.83. The summed E-state index contributed by atoms with van der Waals surface area (Å²) in [5.74, 6) is 0. The van der Waals surface area contributed by atoms with E-state index in [1.807, 2.05) is 0 Å². The standard InChI is InChI=1S/C8H14BrN/c1-2-3-5-10-6-4-8(9)7-10/h2-3,8H,4-7H2,1H3/b3-2+. The number of alkyl halides is 1. The molecule has 2 heteroatoms. The molecule has 0 radical (unpaired) electrons. The number of nitrogens with zero attached hydrogens (tertiary/aromatic N) is 1. The van der Waals surface area contributed by atoms with Gasteiger partial charge in [0.25, 0.3) is 0 Å². The molecule has 0 saturated carbocycles. The molecule has 0 bridgehead atoms. The third-order valence-electron chi connectivity index (χ3n) is 1.81. The Hall–Kier alpha value is 0.180. The summed E-state index contributed by atoms with van der Waals surface area (Å²) >= 11 is 3.60. The van der Waals surface area contributed by atoms with Crippen LogP contribution in [0.5, 0.6) is 0 Å². The highest BCUT2D eigenvalue weighted by Gasteiger charge is 2.17. The van der Waals surface area contributed by atoms with Gasteiger partial charge in [0.1, 0.15) is 0 Å². The van der Waals surface area contributed by atoms with Gasteiger partial charge in [-0.1, -0.05) is 28.1 Å². The quantitative estimate of drug-likeness (QED) is 0.491. The molecule has 1 rings (SSSR count). The van der Waals surface area contributed by atoms with Crippen molar-refractivity contribution in [1.82, 2.24) is 4.90 Å². The van der Waals surface area contributed by atoms with Gasteiger partial charge in [0.05, 0.1) is 0 Å². The number of likely N-dealkylation sites (tertiary alicyclic amines) is 1. The molecule has 0 spiro atoms. The van der Waals surface area contributed by atoms with Crippen LogP contribution in [-0.4, -0.2) is 29.4 Å². The minimum atomic E-state index is 0.734. The van der Waals surface area contributed by atoms with Gasteiger partial charge in [-0.3, -0.25) is 4.90 Å². The van der Waals surface area contributed by atoms with Crippen LogP contribution in [0.3, 0.4) is 0 Å². The summed E-state index contributed by atoms with van der Waals surface area (Å²) in [4.78, 5) is 3.19. The van der Waals surface area contributed by atoms with Crippen molar-refractivity contribution in [3.63, 3.8) is 0 Å². The third kappa shape index (κ3) is 2.43. The number of allylic oxidation sites excluding steroid dienone is 1. The van der Waals surface area contributed by atoms with Crippen LogP contribution in [0.4, 0.5) is 0 Å². The molecule has 1 unspecified atom stereocenters. The summed E-state index contributed by atoms with van der Waals surface area (Å²) in [6.45, 7) is 5.66. The number of halogens is 1. The minimum Gasteiger partial charge on any atom is -0.299 e. The molecule has 1 aliphatic rings. The second kappa shape index (κ2) is 4.14. The lowest BCUT2D eigenvalue weighted by atomic mass is 10.4.